The zero-order chi connectivity index (χ0) is 29.8. The van der Waals surface area contributed by atoms with Crippen LogP contribution in [-0.2, 0) is 4.74 Å². The fourth-order valence-electron chi connectivity index (χ4n) is 6.16. The van der Waals surface area contributed by atoms with Crippen LogP contribution in [0.4, 0.5) is 0 Å². The van der Waals surface area contributed by atoms with Crippen molar-refractivity contribution in [2.24, 2.45) is 21.9 Å². The number of nitrogens with zero attached hydrogens (tertiary/aromatic N) is 4. The van der Waals surface area contributed by atoms with Crippen LogP contribution in [0, 0.1) is 10.8 Å². The Hall–Kier alpha value is -4.56. The minimum atomic E-state index is -0.593. The zero-order valence-electron chi connectivity index (χ0n) is 23.8. The Labute approximate surface area is 240 Å². The van der Waals surface area contributed by atoms with Gasteiger partial charge in [-0.2, -0.15) is 0 Å². The Morgan fingerprint density at radius 1 is 1.05 bits per heavy atom. The third kappa shape index (κ3) is 4.52. The summed E-state index contributed by atoms with van der Waals surface area (Å²) >= 11 is 0. The van der Waals surface area contributed by atoms with Crippen LogP contribution in [0.3, 0.4) is 0 Å². The van der Waals surface area contributed by atoms with Crippen molar-refractivity contribution in [1.29, 1.82) is 5.41 Å². The number of benzene rings is 2. The number of hydrogen-bond donors (Lipinski definition) is 5. The molecule has 0 radical (unpaired) electrons. The second-order valence-corrected chi connectivity index (χ2v) is 11.1. The van der Waals surface area contributed by atoms with Crippen molar-refractivity contribution >= 4 is 33.9 Å². The number of amides is 2. The van der Waals surface area contributed by atoms with Crippen molar-refractivity contribution in [2.45, 2.75) is 19.5 Å². The number of carbonyl (C=O) groups is 2. The molecule has 1 unspecified atom stereocenters. The molecule has 1 atom stereocenters. The maximum absolute atomic E-state index is 12.2. The number of nitrogens with two attached hydrogens (primary N) is 2. The summed E-state index contributed by atoms with van der Waals surface area (Å²) in [6, 6.07) is 6.46. The highest BCUT2D eigenvalue weighted by Gasteiger charge is 2.48. The second-order valence-electron chi connectivity index (χ2n) is 11.1. The third-order valence-corrected chi connectivity index (χ3v) is 8.16. The van der Waals surface area contributed by atoms with Crippen molar-refractivity contribution in [3.05, 3.63) is 46.6 Å². The molecule has 14 nitrogen and oxygen atoms in total. The van der Waals surface area contributed by atoms with E-state index in [-0.39, 0.29) is 16.7 Å². The number of nitrogens with one attached hydrogen (secondary N) is 3. The van der Waals surface area contributed by atoms with Gasteiger partial charge in [0.15, 0.2) is 0 Å². The van der Waals surface area contributed by atoms with Crippen LogP contribution in [0.1, 0.15) is 40.2 Å². The van der Waals surface area contributed by atoms with Gasteiger partial charge in [0.05, 0.1) is 38.0 Å². The van der Waals surface area contributed by atoms with Gasteiger partial charge in [0.2, 0.25) is 23.1 Å². The molecule has 0 bridgehead atoms. The molecule has 6 rings (SSSR count). The average Bonchev–Trinajstić information content (AvgIpc) is 3.46. The van der Waals surface area contributed by atoms with Crippen LogP contribution >= 0.6 is 0 Å². The third-order valence-electron chi connectivity index (χ3n) is 8.16. The van der Waals surface area contributed by atoms with Crippen LogP contribution in [-0.4, -0.2) is 89.4 Å². The predicted molar refractivity (Wildman–Crippen MR) is 153 cm³/mol. The lowest BCUT2D eigenvalue weighted by Crippen LogP contribution is -2.65. The highest BCUT2D eigenvalue weighted by Crippen LogP contribution is 2.37. The van der Waals surface area contributed by atoms with E-state index in [0.29, 0.717) is 51.2 Å². The molecule has 2 amide bonds. The lowest BCUT2D eigenvalue weighted by molar-refractivity contribution is -0.189. The molecule has 222 valence electrons. The monoisotopic (exact) mass is 577 g/mol. The Morgan fingerprint density at radius 2 is 1.67 bits per heavy atom. The second kappa shape index (κ2) is 10.4. The number of aromatic amines is 2. The Balaban J connectivity index is 1.39. The summed E-state index contributed by atoms with van der Waals surface area (Å²) < 4.78 is 20.9. The molecule has 2 aliphatic heterocycles. The number of H-pyrrole nitrogens is 2. The van der Waals surface area contributed by atoms with Gasteiger partial charge in [-0.05, 0) is 37.6 Å². The van der Waals surface area contributed by atoms with Crippen LogP contribution < -0.4 is 32.2 Å². The van der Waals surface area contributed by atoms with Gasteiger partial charge < -0.3 is 40.5 Å². The molecule has 0 saturated carbocycles. The fourth-order valence-corrected chi connectivity index (χ4v) is 6.16. The van der Waals surface area contributed by atoms with Crippen molar-refractivity contribution in [3.8, 4) is 11.5 Å². The molecule has 14 heteroatoms. The first-order valence-corrected chi connectivity index (χ1v) is 13.7. The molecule has 0 aliphatic carbocycles. The molecule has 2 fully saturated rings. The maximum atomic E-state index is 12.2. The van der Waals surface area contributed by atoms with E-state index in [9.17, 15) is 9.59 Å². The van der Waals surface area contributed by atoms with E-state index >= 15 is 0 Å². The maximum Gasteiger partial charge on any atom is 0.248 e. The van der Waals surface area contributed by atoms with Gasteiger partial charge in [-0.3, -0.25) is 29.1 Å². The standard InChI is InChI=1S/C28H35N9O5/c1-15(37-22-19(34-27(37)32-2)8-16(24(29)38)9-20(22)40-3)36-23-18(33-26(36)31)7-17(25(30)39)10-21(23)42-6-4-5-35-11-28(12-35)13-41-14-28/h7-10,15H,4-6,11-14H2,1-3H3,(H2,29,38)(H2,30,39)(H2,31,33)(H,32,34). The number of hydrogen-bond acceptors (Lipinski definition) is 8. The summed E-state index contributed by atoms with van der Waals surface area (Å²) in [5, 5.41) is 8.87. The van der Waals surface area contributed by atoms with Crippen molar-refractivity contribution < 1.29 is 23.8 Å². The van der Waals surface area contributed by atoms with E-state index in [2.05, 4.69) is 19.9 Å². The molecule has 42 heavy (non-hydrogen) atoms. The van der Waals surface area contributed by atoms with Crippen LogP contribution in [0.5, 0.6) is 11.5 Å². The number of carbonyl (C=O) groups excluding carboxylic acids is 2. The Bertz CT molecular complexity index is 1830. The molecule has 4 heterocycles. The van der Waals surface area contributed by atoms with Gasteiger partial charge in [0.25, 0.3) is 0 Å². The number of likely N-dealkylation sites (tertiary alicyclic amines) is 1. The van der Waals surface area contributed by atoms with Crippen molar-refractivity contribution in [3.63, 3.8) is 0 Å². The number of fused-ring (bicyclic) bond motifs is 2. The molecular weight excluding hydrogens is 542 g/mol. The van der Waals surface area contributed by atoms with E-state index in [1.165, 1.54) is 7.11 Å². The molecule has 2 aromatic heterocycles. The average molecular weight is 578 g/mol. The summed E-state index contributed by atoms with van der Waals surface area (Å²) in [5.74, 6) is -0.325. The molecule has 2 aromatic carbocycles. The molecule has 2 saturated heterocycles. The number of ether oxygens (including phenoxy) is 3. The predicted octanol–water partition coefficient (Wildman–Crippen LogP) is 0.636. The van der Waals surface area contributed by atoms with Gasteiger partial charge in [0.1, 0.15) is 28.7 Å². The fraction of sp³-hybridized carbons (Fsp3) is 0.429. The highest BCUT2D eigenvalue weighted by molar-refractivity contribution is 5.99. The van der Waals surface area contributed by atoms with Gasteiger partial charge in [-0.25, -0.2) is 0 Å². The van der Waals surface area contributed by atoms with Gasteiger partial charge in [-0.1, -0.05) is 0 Å². The molecular formula is C28H35N9O5. The normalized spacial score (nSPS) is 17.4. The van der Waals surface area contributed by atoms with Gasteiger partial charge >= 0.3 is 0 Å². The van der Waals surface area contributed by atoms with Gasteiger partial charge in [0, 0.05) is 43.2 Å². The number of rotatable bonds is 10. The number of primary amides is 2. The largest absolute Gasteiger partial charge is 0.494 e. The molecule has 1 spiro atoms. The summed E-state index contributed by atoms with van der Waals surface area (Å²) in [6.07, 6.45) is 0.262. The number of methoxy groups -OCH3 is 1. The smallest absolute Gasteiger partial charge is 0.248 e. The van der Waals surface area contributed by atoms with E-state index in [0.717, 1.165) is 39.3 Å². The van der Waals surface area contributed by atoms with E-state index in [1.807, 2.05) is 11.5 Å². The first-order valence-electron chi connectivity index (χ1n) is 13.7. The Morgan fingerprint density at radius 3 is 2.24 bits per heavy atom. The summed E-state index contributed by atoms with van der Waals surface area (Å²) in [4.78, 5) is 37.2. The van der Waals surface area contributed by atoms with E-state index in [1.54, 1.807) is 35.9 Å². The van der Waals surface area contributed by atoms with Gasteiger partial charge in [-0.15, -0.1) is 0 Å². The summed E-state index contributed by atoms with van der Waals surface area (Å²) in [7, 11) is 3.15. The summed E-state index contributed by atoms with van der Waals surface area (Å²) in [6.45, 7) is 7.00. The molecule has 2 aliphatic rings. The first-order chi connectivity index (χ1) is 20.1. The Kier molecular flexibility index (Phi) is 6.81. The van der Waals surface area contributed by atoms with Crippen LogP contribution in [0.15, 0.2) is 29.3 Å². The van der Waals surface area contributed by atoms with Crippen molar-refractivity contribution in [1.82, 2.24) is 24.0 Å². The lowest BCUT2D eigenvalue weighted by Gasteiger charge is -2.55. The SMILES string of the molecule is C/N=c1/[nH]c2cc(C(N)=O)cc(OC)c2n1C(C)n1c(=N)[nH]c2cc(C(N)=O)cc(OCCCN3CC4(COC4)C3)c21. The first kappa shape index (κ1) is 27.6. The topological polar surface area (TPSA) is 195 Å². The highest BCUT2D eigenvalue weighted by atomic mass is 16.5. The van der Waals surface area contributed by atoms with Crippen molar-refractivity contribution in [2.75, 3.05) is 53.6 Å². The summed E-state index contributed by atoms with van der Waals surface area (Å²) in [5.41, 5.74) is 15.0. The molecule has 4 aromatic rings. The molecule has 7 N–H and O–H groups in total. The number of imidazole rings is 2. The van der Waals surface area contributed by atoms with Crippen LogP contribution in [0.25, 0.3) is 22.1 Å². The van der Waals surface area contributed by atoms with Crippen LogP contribution in [0.2, 0.25) is 0 Å². The zero-order valence-corrected chi connectivity index (χ0v) is 23.8. The number of aromatic nitrogens is 4. The quantitative estimate of drug-likeness (QED) is 0.172. The van der Waals surface area contributed by atoms with E-state index < -0.39 is 18.0 Å². The van der Waals surface area contributed by atoms with E-state index in [4.69, 9.17) is 31.1 Å². The lowest BCUT2D eigenvalue weighted by atomic mass is 9.78. The minimum absolute atomic E-state index is 0.0780. The minimum Gasteiger partial charge on any atom is -0.494 e.